The van der Waals surface area contributed by atoms with Crippen molar-refractivity contribution in [1.82, 2.24) is 0 Å². The molecule has 0 aliphatic carbocycles. The molecule has 0 heterocycles. The van der Waals surface area contributed by atoms with E-state index in [-0.39, 0.29) is 51.4 Å². The first-order valence-corrected chi connectivity index (χ1v) is 1.89. The third-order valence-electron chi connectivity index (χ3n) is 0. The molecule has 0 rings (SSSR count). The second-order valence-corrected chi connectivity index (χ2v) is 0.344. The van der Waals surface area contributed by atoms with Gasteiger partial charge < -0.3 is 7.43 Å². The Morgan fingerprint density at radius 2 is 1.00 bits per heavy atom. The van der Waals surface area contributed by atoms with Gasteiger partial charge in [0.1, 0.15) is 0 Å². The van der Waals surface area contributed by atoms with E-state index in [2.05, 4.69) is 6.65 Å². The molecule has 5 heteroatoms. The van der Waals surface area contributed by atoms with Crippen molar-refractivity contribution in [3.8, 4) is 0 Å². The largest absolute Gasteiger partial charge is 0 e. The summed E-state index contributed by atoms with van der Waals surface area (Å²) in [6, 6.07) is 0. The zero-order chi connectivity index (χ0) is 4.71. The Balaban J connectivity index is -0.00000000246. The molecule has 0 spiro atoms. The van der Waals surface area contributed by atoms with Crippen LogP contribution in [0.1, 0.15) is 22.3 Å². The van der Waals surface area contributed by atoms with Crippen LogP contribution in [-0.2, 0) is 52.1 Å². The number of hydrogen-bond donors (Lipinski definition) is 0. The van der Waals surface area contributed by atoms with E-state index in [0.29, 0.717) is 0 Å². The van der Waals surface area contributed by atoms with E-state index in [0.717, 1.165) is 0 Å². The summed E-state index contributed by atoms with van der Waals surface area (Å²) < 4.78 is 24.5. The quantitative estimate of drug-likeness (QED) is 0.355. The van der Waals surface area contributed by atoms with Gasteiger partial charge in [-0.3, -0.25) is 0 Å². The summed E-state index contributed by atoms with van der Waals surface area (Å²) in [6.07, 6.45) is 0. The van der Waals surface area contributed by atoms with E-state index in [1.807, 2.05) is 0 Å². The van der Waals surface area contributed by atoms with Crippen LogP contribution in [0.15, 0.2) is 0 Å². The topological polar surface area (TPSA) is 54.0 Å². The van der Waals surface area contributed by atoms with Gasteiger partial charge in [-0.25, -0.2) is 0 Å². The Kier molecular flexibility index (Phi) is 1740. The fraction of sp³-hybridized carbons (Fsp3) is 0.600. The van der Waals surface area contributed by atoms with Gasteiger partial charge in [0.25, 0.3) is 0 Å². The van der Waals surface area contributed by atoms with Crippen molar-refractivity contribution in [2.75, 3.05) is 0 Å². The molecule has 0 amide bonds. The van der Waals surface area contributed by atoms with Gasteiger partial charge in [-0.15, -0.1) is 0 Å². The summed E-state index contributed by atoms with van der Waals surface area (Å²) in [6.45, 7) is 4.50. The van der Waals surface area contributed by atoms with Crippen LogP contribution in [0, 0.1) is 14.1 Å². The molecule has 10 heavy (non-hydrogen) atoms. The van der Waals surface area contributed by atoms with Crippen molar-refractivity contribution >= 4 is 0 Å². The predicted octanol–water partition coefficient (Wildman–Crippen LogP) is 2.08. The van der Waals surface area contributed by atoms with Gasteiger partial charge in [-0.05, 0) is 0 Å². The van der Waals surface area contributed by atoms with E-state index in [1.165, 1.54) is 0 Å². The van der Waals surface area contributed by atoms with Crippen LogP contribution >= 0.6 is 0 Å². The van der Waals surface area contributed by atoms with E-state index in [9.17, 15) is 0 Å². The molecule has 0 radical (unpaired) electrons. The summed E-state index contributed by atoms with van der Waals surface area (Å²) in [5, 5.41) is 0. The van der Waals surface area contributed by atoms with Crippen LogP contribution < -0.4 is 0 Å². The van der Waals surface area contributed by atoms with Gasteiger partial charge in [0.2, 0.25) is 0 Å². The maximum absolute atomic E-state index is 8.50. The summed E-state index contributed by atoms with van der Waals surface area (Å²) in [7, 11) is 0. The predicted molar refractivity (Wildman–Crippen MR) is 31.9 cm³/mol. The molecule has 62 valence electrons. The van der Waals surface area contributed by atoms with Crippen LogP contribution in [-0.4, -0.2) is 0 Å². The van der Waals surface area contributed by atoms with Crippen molar-refractivity contribution in [3.63, 3.8) is 0 Å². The summed E-state index contributed by atoms with van der Waals surface area (Å²) in [5.41, 5.74) is 0. The van der Waals surface area contributed by atoms with Gasteiger partial charge >= 0.3 is 37.0 Å². The van der Waals surface area contributed by atoms with Gasteiger partial charge in [0, 0.05) is 21.7 Å². The molecule has 0 fully saturated rings. The molecular weight excluding hydrogens is 204 g/mol. The minimum atomic E-state index is -2.00. The van der Waals surface area contributed by atoms with Gasteiger partial charge in [0.05, 0.1) is 0 Å². The monoisotopic (exact) mass is 219 g/mol. The molecule has 0 aliphatic rings. The third kappa shape index (κ3) is 896. The van der Waals surface area contributed by atoms with Crippen molar-refractivity contribution in [3.05, 3.63) is 14.1 Å². The second kappa shape index (κ2) is 240. The van der Waals surface area contributed by atoms with E-state index >= 15 is 0 Å². The summed E-state index contributed by atoms with van der Waals surface area (Å²) in [4.78, 5) is 0. The maximum atomic E-state index is 8.50. The molecule has 0 saturated carbocycles. The standard InChI is InChI=1S/CO.3CH4.CH3.2O.2Ti/c1-2;;;;;;;;/h;3*1H4;1H3;;;;/q;;;;-1;;;;. The fourth-order valence-electron chi connectivity index (χ4n) is 0. The molecule has 0 aromatic carbocycles. The molecule has 0 unspecified atom stereocenters. The first-order chi connectivity index (χ1) is 2.41. The van der Waals surface area contributed by atoms with E-state index in [4.69, 9.17) is 11.3 Å². The van der Waals surface area contributed by atoms with Crippen LogP contribution in [0.4, 0.5) is 0 Å². The summed E-state index contributed by atoms with van der Waals surface area (Å²) >= 11 is -2.00. The van der Waals surface area contributed by atoms with E-state index < -0.39 is 19.1 Å². The SMILES string of the molecule is C.C.C.[C-]#[O+].[CH3-].[O]=[Ti]=[O].[Ti]. The van der Waals surface area contributed by atoms with Gasteiger partial charge in [0.15, 0.2) is 0 Å². The average Bonchev–Trinajstić information content (AvgIpc) is 1.46. The first kappa shape index (κ1) is 72.4. The minimum Gasteiger partial charge on any atom is 0 e. The van der Waals surface area contributed by atoms with E-state index in [1.54, 1.807) is 0 Å². The molecule has 0 atom stereocenters. The van der Waals surface area contributed by atoms with Crippen LogP contribution in [0.25, 0.3) is 0 Å². The minimum absolute atomic E-state index is 0. The van der Waals surface area contributed by atoms with Crippen LogP contribution in [0.3, 0.4) is 0 Å². The van der Waals surface area contributed by atoms with Crippen molar-refractivity contribution in [2.24, 2.45) is 0 Å². The summed E-state index contributed by atoms with van der Waals surface area (Å²) in [5.74, 6) is 0. The van der Waals surface area contributed by atoms with Crippen LogP contribution in [0.5, 0.6) is 0 Å². The fourth-order valence-corrected chi connectivity index (χ4v) is 0. The Morgan fingerprint density at radius 1 is 1.00 bits per heavy atom. The van der Waals surface area contributed by atoms with Gasteiger partial charge in [-0.1, -0.05) is 22.3 Å². The molecule has 0 aromatic heterocycles. The second-order valence-electron chi connectivity index (χ2n) is 0.0833. The van der Waals surface area contributed by atoms with Gasteiger partial charge in [-0.2, -0.15) is 0 Å². The number of rotatable bonds is 0. The zero-order valence-electron chi connectivity index (χ0n) is 3.72. The smallest absolute Gasteiger partial charge is 0 e. The number of hydrogen-bond acceptors (Lipinski definition) is 2. The Morgan fingerprint density at radius 3 is 1.00 bits per heavy atom. The van der Waals surface area contributed by atoms with Crippen molar-refractivity contribution in [2.45, 2.75) is 22.3 Å². The molecule has 0 aliphatic heterocycles. The Bertz CT molecular complexity index is 57.2. The molecule has 0 saturated heterocycles. The van der Waals surface area contributed by atoms with Crippen molar-refractivity contribution in [1.29, 1.82) is 0 Å². The third-order valence-corrected chi connectivity index (χ3v) is 0. The Hall–Kier alpha value is 0.769. The van der Waals surface area contributed by atoms with Crippen molar-refractivity contribution < 1.29 is 52.1 Å². The molecule has 0 bridgehead atoms. The van der Waals surface area contributed by atoms with Crippen LogP contribution in [0.2, 0.25) is 0 Å². The molecule has 0 aromatic rings. The zero-order valence-corrected chi connectivity index (χ0v) is 6.85. The first-order valence-electron chi connectivity index (χ1n) is 0.612. The Labute approximate surface area is 88.1 Å². The maximum Gasteiger partial charge on any atom is 0 e. The average molecular weight is 219 g/mol. The molecule has 3 nitrogen and oxygen atoms in total. The molecular formula is C5H15O3Ti2-. The molecule has 0 N–H and O–H groups in total. The normalized spacial score (nSPS) is 1.00.